The standard InChI is InChI=1S/C14H26N4/c1-12(2)18-9-6-15-14(18)16-10-13(3)11-17-7-4-5-8-17/h6,9,12-13H,4-5,7-8,10-11H2,1-3H3,(H,15,16). The third-order valence-corrected chi connectivity index (χ3v) is 3.60. The van der Waals surface area contributed by atoms with Crippen molar-refractivity contribution >= 4 is 5.95 Å². The van der Waals surface area contributed by atoms with Crippen LogP contribution < -0.4 is 5.32 Å². The molecule has 1 aliphatic heterocycles. The van der Waals surface area contributed by atoms with Crippen LogP contribution in [0.3, 0.4) is 0 Å². The van der Waals surface area contributed by atoms with Crippen molar-refractivity contribution in [3.8, 4) is 0 Å². The topological polar surface area (TPSA) is 33.1 Å². The van der Waals surface area contributed by atoms with Crippen LogP contribution in [0, 0.1) is 5.92 Å². The van der Waals surface area contributed by atoms with Crippen LogP contribution in [0.25, 0.3) is 0 Å². The maximum Gasteiger partial charge on any atom is 0.203 e. The smallest absolute Gasteiger partial charge is 0.203 e. The number of imidazole rings is 1. The van der Waals surface area contributed by atoms with Crippen LogP contribution in [-0.2, 0) is 0 Å². The van der Waals surface area contributed by atoms with Gasteiger partial charge in [-0.15, -0.1) is 0 Å². The van der Waals surface area contributed by atoms with Gasteiger partial charge >= 0.3 is 0 Å². The van der Waals surface area contributed by atoms with Crippen molar-refractivity contribution in [3.05, 3.63) is 12.4 Å². The molecule has 102 valence electrons. The van der Waals surface area contributed by atoms with Gasteiger partial charge in [0.15, 0.2) is 0 Å². The van der Waals surface area contributed by atoms with Gasteiger partial charge in [0.25, 0.3) is 0 Å². The van der Waals surface area contributed by atoms with Gasteiger partial charge < -0.3 is 14.8 Å². The molecule has 1 N–H and O–H groups in total. The highest BCUT2D eigenvalue weighted by Gasteiger charge is 2.15. The summed E-state index contributed by atoms with van der Waals surface area (Å²) in [5, 5.41) is 3.47. The van der Waals surface area contributed by atoms with Gasteiger partial charge in [0, 0.05) is 31.5 Å². The van der Waals surface area contributed by atoms with Crippen molar-refractivity contribution < 1.29 is 0 Å². The normalized spacial score (nSPS) is 18.4. The monoisotopic (exact) mass is 250 g/mol. The van der Waals surface area contributed by atoms with E-state index >= 15 is 0 Å². The van der Waals surface area contributed by atoms with E-state index in [9.17, 15) is 0 Å². The maximum atomic E-state index is 4.38. The predicted octanol–water partition coefficient (Wildman–Crippen LogP) is 2.61. The number of hydrogen-bond donors (Lipinski definition) is 1. The van der Waals surface area contributed by atoms with Crippen molar-refractivity contribution in [2.75, 3.05) is 31.5 Å². The number of anilines is 1. The Hall–Kier alpha value is -1.03. The summed E-state index contributed by atoms with van der Waals surface area (Å²) in [5.41, 5.74) is 0. The van der Waals surface area contributed by atoms with Crippen LogP contribution >= 0.6 is 0 Å². The van der Waals surface area contributed by atoms with Crippen molar-refractivity contribution in [1.82, 2.24) is 14.5 Å². The molecule has 0 aliphatic carbocycles. The number of hydrogen-bond acceptors (Lipinski definition) is 3. The largest absolute Gasteiger partial charge is 0.355 e. The van der Waals surface area contributed by atoms with E-state index in [1.807, 2.05) is 12.4 Å². The van der Waals surface area contributed by atoms with E-state index in [0.29, 0.717) is 12.0 Å². The van der Waals surface area contributed by atoms with Crippen molar-refractivity contribution in [2.24, 2.45) is 5.92 Å². The fourth-order valence-corrected chi connectivity index (χ4v) is 2.60. The van der Waals surface area contributed by atoms with Gasteiger partial charge in [-0.05, 0) is 45.7 Å². The van der Waals surface area contributed by atoms with Gasteiger partial charge in [-0.2, -0.15) is 0 Å². The highest BCUT2D eigenvalue weighted by Crippen LogP contribution is 2.14. The number of aromatic nitrogens is 2. The average molecular weight is 250 g/mol. The second-order valence-corrected chi connectivity index (χ2v) is 5.75. The molecular formula is C14H26N4. The Labute approximate surface area is 110 Å². The summed E-state index contributed by atoms with van der Waals surface area (Å²) in [6.07, 6.45) is 6.65. The molecule has 1 aliphatic rings. The van der Waals surface area contributed by atoms with Crippen molar-refractivity contribution in [3.63, 3.8) is 0 Å². The third-order valence-electron chi connectivity index (χ3n) is 3.60. The Morgan fingerprint density at radius 3 is 2.67 bits per heavy atom. The highest BCUT2D eigenvalue weighted by atomic mass is 15.2. The predicted molar refractivity (Wildman–Crippen MR) is 75.9 cm³/mol. The minimum Gasteiger partial charge on any atom is -0.355 e. The molecule has 1 unspecified atom stereocenters. The summed E-state index contributed by atoms with van der Waals surface area (Å²) in [6.45, 7) is 11.4. The van der Waals surface area contributed by atoms with Crippen LogP contribution in [0.2, 0.25) is 0 Å². The second kappa shape index (κ2) is 6.23. The Morgan fingerprint density at radius 2 is 2.00 bits per heavy atom. The van der Waals surface area contributed by atoms with Gasteiger partial charge in [-0.25, -0.2) is 4.98 Å². The molecule has 0 aromatic carbocycles. The maximum absolute atomic E-state index is 4.38. The first kappa shape index (κ1) is 13.4. The van der Waals surface area contributed by atoms with Gasteiger partial charge in [0.05, 0.1) is 0 Å². The fraction of sp³-hybridized carbons (Fsp3) is 0.786. The zero-order valence-electron chi connectivity index (χ0n) is 11.9. The fourth-order valence-electron chi connectivity index (χ4n) is 2.60. The zero-order valence-corrected chi connectivity index (χ0v) is 11.9. The average Bonchev–Trinajstić information content (AvgIpc) is 2.96. The van der Waals surface area contributed by atoms with Crippen LogP contribution in [0.5, 0.6) is 0 Å². The highest BCUT2D eigenvalue weighted by molar-refractivity contribution is 5.26. The third kappa shape index (κ3) is 3.48. The van der Waals surface area contributed by atoms with Crippen LogP contribution in [-0.4, -0.2) is 40.6 Å². The molecule has 2 heterocycles. The summed E-state index contributed by atoms with van der Waals surface area (Å²) >= 11 is 0. The van der Waals surface area contributed by atoms with Gasteiger partial charge in [0.1, 0.15) is 0 Å². The van der Waals surface area contributed by atoms with E-state index in [1.165, 1.54) is 32.5 Å². The molecule has 0 amide bonds. The van der Waals surface area contributed by atoms with Crippen molar-refractivity contribution in [1.29, 1.82) is 0 Å². The number of likely N-dealkylation sites (tertiary alicyclic amines) is 1. The van der Waals surface area contributed by atoms with E-state index in [2.05, 4.69) is 40.5 Å². The molecule has 4 heteroatoms. The Kier molecular flexibility index (Phi) is 4.64. The molecular weight excluding hydrogens is 224 g/mol. The number of nitrogens with zero attached hydrogens (tertiary/aromatic N) is 3. The lowest BCUT2D eigenvalue weighted by molar-refractivity contribution is 0.294. The minimum absolute atomic E-state index is 0.462. The quantitative estimate of drug-likeness (QED) is 0.842. The molecule has 1 aromatic rings. The Balaban J connectivity index is 1.77. The molecule has 2 rings (SSSR count). The van der Waals surface area contributed by atoms with E-state index in [1.54, 1.807) is 0 Å². The van der Waals surface area contributed by atoms with Crippen LogP contribution in [0.15, 0.2) is 12.4 Å². The molecule has 1 atom stereocenters. The lowest BCUT2D eigenvalue weighted by atomic mass is 10.1. The summed E-state index contributed by atoms with van der Waals surface area (Å²) in [4.78, 5) is 6.95. The molecule has 18 heavy (non-hydrogen) atoms. The lowest BCUT2D eigenvalue weighted by Gasteiger charge is -2.21. The molecule has 0 radical (unpaired) electrons. The van der Waals surface area contributed by atoms with E-state index in [4.69, 9.17) is 0 Å². The molecule has 4 nitrogen and oxygen atoms in total. The molecule has 1 saturated heterocycles. The first-order valence-corrected chi connectivity index (χ1v) is 7.16. The number of rotatable bonds is 6. The van der Waals surface area contributed by atoms with Crippen LogP contribution in [0.4, 0.5) is 5.95 Å². The molecule has 1 aromatic heterocycles. The number of nitrogens with one attached hydrogen (secondary N) is 1. The lowest BCUT2D eigenvalue weighted by Crippen LogP contribution is -2.29. The summed E-state index contributed by atoms with van der Waals surface area (Å²) in [7, 11) is 0. The Bertz CT molecular complexity index is 352. The molecule has 0 spiro atoms. The van der Waals surface area contributed by atoms with Gasteiger partial charge in [-0.1, -0.05) is 6.92 Å². The SMILES string of the molecule is CC(CNc1nccn1C(C)C)CN1CCCC1. The first-order chi connectivity index (χ1) is 8.66. The minimum atomic E-state index is 0.462. The van der Waals surface area contributed by atoms with Crippen LogP contribution in [0.1, 0.15) is 39.7 Å². The first-order valence-electron chi connectivity index (χ1n) is 7.16. The van der Waals surface area contributed by atoms with Crippen molar-refractivity contribution in [2.45, 2.75) is 39.7 Å². The molecule has 0 bridgehead atoms. The van der Waals surface area contributed by atoms with Gasteiger partial charge in [-0.3, -0.25) is 0 Å². The molecule has 1 fully saturated rings. The zero-order chi connectivity index (χ0) is 13.0. The van der Waals surface area contributed by atoms with E-state index in [0.717, 1.165) is 12.5 Å². The summed E-state index contributed by atoms with van der Waals surface area (Å²) < 4.78 is 2.18. The Morgan fingerprint density at radius 1 is 1.28 bits per heavy atom. The van der Waals surface area contributed by atoms with E-state index in [-0.39, 0.29) is 0 Å². The summed E-state index contributed by atoms with van der Waals surface area (Å²) in [6, 6.07) is 0.462. The second-order valence-electron chi connectivity index (χ2n) is 5.75. The summed E-state index contributed by atoms with van der Waals surface area (Å²) in [5.74, 6) is 1.67. The molecule has 0 saturated carbocycles. The van der Waals surface area contributed by atoms with Gasteiger partial charge in [0.2, 0.25) is 5.95 Å². The van der Waals surface area contributed by atoms with E-state index < -0.39 is 0 Å².